The summed E-state index contributed by atoms with van der Waals surface area (Å²) in [5, 5.41) is 10.2. The van der Waals surface area contributed by atoms with E-state index in [1.165, 1.54) is 6.07 Å². The molecule has 0 radical (unpaired) electrons. The number of halogens is 2. The SMILES string of the molecule is Cc1cccc(C)c1C(O)c1c(F)cccc1F. The summed E-state index contributed by atoms with van der Waals surface area (Å²) >= 11 is 0. The summed E-state index contributed by atoms with van der Waals surface area (Å²) in [5.41, 5.74) is 1.88. The van der Waals surface area contributed by atoms with E-state index < -0.39 is 17.7 Å². The van der Waals surface area contributed by atoms with Crippen LogP contribution in [-0.2, 0) is 0 Å². The van der Waals surface area contributed by atoms with Crippen molar-refractivity contribution in [3.8, 4) is 0 Å². The third-order valence-corrected chi connectivity index (χ3v) is 3.09. The molecule has 2 rings (SSSR count). The van der Waals surface area contributed by atoms with Crippen molar-refractivity contribution in [2.75, 3.05) is 0 Å². The molecule has 18 heavy (non-hydrogen) atoms. The van der Waals surface area contributed by atoms with Crippen LogP contribution in [0.4, 0.5) is 8.78 Å². The summed E-state index contributed by atoms with van der Waals surface area (Å²) in [6.45, 7) is 3.62. The summed E-state index contributed by atoms with van der Waals surface area (Å²) in [6.07, 6.45) is -1.28. The maximum atomic E-state index is 13.6. The van der Waals surface area contributed by atoms with Crippen molar-refractivity contribution in [2.24, 2.45) is 0 Å². The van der Waals surface area contributed by atoms with Crippen LogP contribution in [0, 0.1) is 25.5 Å². The van der Waals surface area contributed by atoms with Crippen molar-refractivity contribution in [2.45, 2.75) is 20.0 Å². The highest BCUT2D eigenvalue weighted by molar-refractivity contribution is 5.41. The van der Waals surface area contributed by atoms with Gasteiger partial charge in [-0.2, -0.15) is 0 Å². The highest BCUT2D eigenvalue weighted by Gasteiger charge is 2.22. The Kier molecular flexibility index (Phi) is 3.43. The Hall–Kier alpha value is -1.74. The zero-order valence-electron chi connectivity index (χ0n) is 10.2. The first-order valence-corrected chi connectivity index (χ1v) is 5.70. The van der Waals surface area contributed by atoms with Crippen LogP contribution in [0.25, 0.3) is 0 Å². The second-order valence-electron chi connectivity index (χ2n) is 4.34. The molecule has 0 amide bonds. The average Bonchev–Trinajstić information content (AvgIpc) is 2.28. The predicted octanol–water partition coefficient (Wildman–Crippen LogP) is 3.66. The second kappa shape index (κ2) is 4.86. The lowest BCUT2D eigenvalue weighted by Crippen LogP contribution is -2.09. The van der Waals surface area contributed by atoms with Gasteiger partial charge < -0.3 is 5.11 Å². The first-order valence-electron chi connectivity index (χ1n) is 5.70. The maximum absolute atomic E-state index is 13.6. The monoisotopic (exact) mass is 248 g/mol. The highest BCUT2D eigenvalue weighted by atomic mass is 19.1. The Morgan fingerprint density at radius 2 is 1.28 bits per heavy atom. The average molecular weight is 248 g/mol. The minimum absolute atomic E-state index is 0.296. The molecule has 2 aromatic rings. The van der Waals surface area contributed by atoms with Crippen molar-refractivity contribution in [3.05, 3.63) is 70.3 Å². The van der Waals surface area contributed by atoms with Gasteiger partial charge in [0.1, 0.15) is 17.7 Å². The smallest absolute Gasteiger partial charge is 0.132 e. The molecule has 0 saturated carbocycles. The maximum Gasteiger partial charge on any atom is 0.132 e. The fourth-order valence-corrected chi connectivity index (χ4v) is 2.17. The van der Waals surface area contributed by atoms with E-state index in [9.17, 15) is 13.9 Å². The Morgan fingerprint density at radius 3 is 1.78 bits per heavy atom. The molecule has 1 nitrogen and oxygen atoms in total. The lowest BCUT2D eigenvalue weighted by molar-refractivity contribution is 0.207. The second-order valence-corrected chi connectivity index (χ2v) is 4.34. The van der Waals surface area contributed by atoms with Gasteiger partial charge in [-0.15, -0.1) is 0 Å². The molecule has 0 saturated heterocycles. The molecule has 0 aromatic heterocycles. The van der Waals surface area contributed by atoms with Gasteiger partial charge in [0, 0.05) is 0 Å². The zero-order chi connectivity index (χ0) is 13.3. The Balaban J connectivity index is 2.58. The standard InChI is InChI=1S/C15H14F2O/c1-9-5-3-6-10(2)13(9)15(18)14-11(16)7-4-8-12(14)17/h3-8,15,18H,1-2H3. The fraction of sp³-hybridized carbons (Fsp3) is 0.200. The number of aryl methyl sites for hydroxylation is 2. The lowest BCUT2D eigenvalue weighted by atomic mass is 9.93. The fourth-order valence-electron chi connectivity index (χ4n) is 2.17. The number of hydrogen-bond donors (Lipinski definition) is 1. The largest absolute Gasteiger partial charge is 0.383 e. The van der Waals surface area contributed by atoms with Gasteiger partial charge in [-0.3, -0.25) is 0 Å². The normalized spacial score (nSPS) is 12.5. The molecule has 1 unspecified atom stereocenters. The van der Waals surface area contributed by atoms with Gasteiger partial charge >= 0.3 is 0 Å². The van der Waals surface area contributed by atoms with Gasteiger partial charge in [0.05, 0.1) is 5.56 Å². The number of aliphatic hydroxyl groups is 1. The van der Waals surface area contributed by atoms with E-state index in [1.807, 2.05) is 32.0 Å². The Morgan fingerprint density at radius 1 is 0.833 bits per heavy atom. The van der Waals surface area contributed by atoms with Crippen molar-refractivity contribution >= 4 is 0 Å². The number of benzene rings is 2. The molecule has 0 aliphatic rings. The molecule has 0 bridgehead atoms. The molecule has 0 fully saturated rings. The number of rotatable bonds is 2. The molecule has 1 N–H and O–H groups in total. The molecule has 94 valence electrons. The van der Waals surface area contributed by atoms with E-state index in [0.717, 1.165) is 23.3 Å². The molecule has 2 aromatic carbocycles. The summed E-state index contributed by atoms with van der Waals surface area (Å²) in [4.78, 5) is 0. The van der Waals surface area contributed by atoms with E-state index in [4.69, 9.17) is 0 Å². The molecule has 3 heteroatoms. The molecule has 0 aliphatic heterocycles. The van der Waals surface area contributed by atoms with Crippen LogP contribution in [0.3, 0.4) is 0 Å². The summed E-state index contributed by atoms with van der Waals surface area (Å²) < 4.78 is 27.3. The van der Waals surface area contributed by atoms with Crippen molar-refractivity contribution in [1.82, 2.24) is 0 Å². The van der Waals surface area contributed by atoms with Gasteiger partial charge in [-0.1, -0.05) is 24.3 Å². The quantitative estimate of drug-likeness (QED) is 0.859. The topological polar surface area (TPSA) is 20.2 Å². The van der Waals surface area contributed by atoms with Crippen LogP contribution in [0.2, 0.25) is 0 Å². The van der Waals surface area contributed by atoms with Crippen molar-refractivity contribution < 1.29 is 13.9 Å². The predicted molar refractivity (Wildman–Crippen MR) is 66.3 cm³/mol. The third kappa shape index (κ3) is 2.14. The molecule has 0 heterocycles. The molecular formula is C15H14F2O. The summed E-state index contributed by atoms with van der Waals surface area (Å²) in [5.74, 6) is -1.46. The van der Waals surface area contributed by atoms with E-state index in [-0.39, 0.29) is 5.56 Å². The summed E-state index contributed by atoms with van der Waals surface area (Å²) in [7, 11) is 0. The van der Waals surface area contributed by atoms with E-state index in [2.05, 4.69) is 0 Å². The summed E-state index contributed by atoms with van der Waals surface area (Å²) in [6, 6.07) is 9.04. The minimum Gasteiger partial charge on any atom is -0.383 e. The first kappa shape index (κ1) is 12.7. The third-order valence-electron chi connectivity index (χ3n) is 3.09. The van der Waals surface area contributed by atoms with Crippen LogP contribution in [0.1, 0.15) is 28.4 Å². The van der Waals surface area contributed by atoms with Crippen LogP contribution in [0.15, 0.2) is 36.4 Å². The van der Waals surface area contributed by atoms with Crippen molar-refractivity contribution in [3.63, 3.8) is 0 Å². The van der Waals surface area contributed by atoms with Crippen molar-refractivity contribution in [1.29, 1.82) is 0 Å². The number of aliphatic hydroxyl groups excluding tert-OH is 1. The Bertz CT molecular complexity index is 487. The van der Waals surface area contributed by atoms with Gasteiger partial charge in [-0.25, -0.2) is 8.78 Å². The molecule has 1 atom stereocenters. The van der Waals surface area contributed by atoms with Crippen LogP contribution in [0.5, 0.6) is 0 Å². The van der Waals surface area contributed by atoms with Gasteiger partial charge in [0.25, 0.3) is 0 Å². The van der Waals surface area contributed by atoms with E-state index in [0.29, 0.717) is 5.56 Å². The van der Waals surface area contributed by atoms with Crippen LogP contribution >= 0.6 is 0 Å². The molecule has 0 spiro atoms. The van der Waals surface area contributed by atoms with Gasteiger partial charge in [-0.05, 0) is 42.7 Å². The van der Waals surface area contributed by atoms with Crippen LogP contribution in [-0.4, -0.2) is 5.11 Å². The van der Waals surface area contributed by atoms with E-state index in [1.54, 1.807) is 0 Å². The number of hydrogen-bond acceptors (Lipinski definition) is 1. The first-order chi connectivity index (χ1) is 8.52. The van der Waals surface area contributed by atoms with E-state index >= 15 is 0 Å². The van der Waals surface area contributed by atoms with Gasteiger partial charge in [0.2, 0.25) is 0 Å². The zero-order valence-corrected chi connectivity index (χ0v) is 10.2. The molecular weight excluding hydrogens is 234 g/mol. The lowest BCUT2D eigenvalue weighted by Gasteiger charge is -2.18. The Labute approximate surface area is 105 Å². The highest BCUT2D eigenvalue weighted by Crippen LogP contribution is 2.30. The minimum atomic E-state index is -1.28. The van der Waals surface area contributed by atoms with Crippen LogP contribution < -0.4 is 0 Å². The molecule has 0 aliphatic carbocycles. The van der Waals surface area contributed by atoms with Gasteiger partial charge in [0.15, 0.2) is 0 Å².